The van der Waals surface area contributed by atoms with Crippen molar-refractivity contribution in [2.75, 3.05) is 5.32 Å². The molecule has 23 heavy (non-hydrogen) atoms. The zero-order valence-corrected chi connectivity index (χ0v) is 13.0. The number of hydrogen-bond acceptors (Lipinski definition) is 4. The molecule has 0 aliphatic carbocycles. The molecule has 3 rings (SSSR count). The van der Waals surface area contributed by atoms with Crippen LogP contribution in [-0.2, 0) is 11.2 Å². The van der Waals surface area contributed by atoms with Crippen LogP contribution in [0.25, 0.3) is 10.6 Å². The van der Waals surface area contributed by atoms with Crippen molar-refractivity contribution in [1.82, 2.24) is 4.98 Å². The van der Waals surface area contributed by atoms with Crippen molar-refractivity contribution in [3.63, 3.8) is 0 Å². The van der Waals surface area contributed by atoms with Crippen molar-refractivity contribution in [3.05, 3.63) is 71.2 Å². The molecule has 1 amide bonds. The van der Waals surface area contributed by atoms with Gasteiger partial charge in [0.05, 0.1) is 23.4 Å². The lowest BCUT2D eigenvalue weighted by atomic mass is 10.2. The van der Waals surface area contributed by atoms with Crippen molar-refractivity contribution >= 4 is 22.9 Å². The van der Waals surface area contributed by atoms with Crippen LogP contribution in [0.2, 0.25) is 0 Å². The van der Waals surface area contributed by atoms with E-state index in [4.69, 9.17) is 5.26 Å². The summed E-state index contributed by atoms with van der Waals surface area (Å²) in [6, 6.07) is 18.9. The minimum Gasteiger partial charge on any atom is -0.325 e. The normalized spacial score (nSPS) is 10.0. The number of aromatic nitrogens is 1. The molecular formula is C18H13N3OS. The van der Waals surface area contributed by atoms with Crippen molar-refractivity contribution in [2.45, 2.75) is 6.42 Å². The molecule has 1 heterocycles. The third kappa shape index (κ3) is 3.62. The van der Waals surface area contributed by atoms with Crippen LogP contribution < -0.4 is 5.32 Å². The van der Waals surface area contributed by atoms with Gasteiger partial charge in [0.25, 0.3) is 0 Å². The molecule has 0 atom stereocenters. The number of carbonyl (C=O) groups excluding carboxylic acids is 1. The molecule has 0 fully saturated rings. The lowest BCUT2D eigenvalue weighted by molar-refractivity contribution is -0.115. The average molecular weight is 319 g/mol. The SMILES string of the molecule is N#Cc1ccccc1NC(=O)Cc1csc(-c2ccccc2)n1. The quantitative estimate of drug-likeness (QED) is 0.794. The van der Waals surface area contributed by atoms with E-state index >= 15 is 0 Å². The molecule has 1 aromatic heterocycles. The van der Waals surface area contributed by atoms with Gasteiger partial charge in [0.15, 0.2) is 0 Å². The first-order valence-corrected chi connectivity index (χ1v) is 7.93. The minimum atomic E-state index is -0.183. The van der Waals surface area contributed by atoms with E-state index in [1.165, 1.54) is 11.3 Å². The number of para-hydroxylation sites is 1. The Labute approximate surface area is 138 Å². The van der Waals surface area contributed by atoms with Crippen LogP contribution in [0.3, 0.4) is 0 Å². The monoisotopic (exact) mass is 319 g/mol. The number of nitrogens with one attached hydrogen (secondary N) is 1. The Bertz CT molecular complexity index is 865. The lowest BCUT2D eigenvalue weighted by Gasteiger charge is -2.05. The number of amides is 1. The maximum Gasteiger partial charge on any atom is 0.230 e. The predicted molar refractivity (Wildman–Crippen MR) is 91.0 cm³/mol. The van der Waals surface area contributed by atoms with Crippen LogP contribution in [0.1, 0.15) is 11.3 Å². The van der Waals surface area contributed by atoms with Crippen LogP contribution in [0.5, 0.6) is 0 Å². The summed E-state index contributed by atoms with van der Waals surface area (Å²) >= 11 is 1.52. The maximum atomic E-state index is 12.1. The van der Waals surface area contributed by atoms with Gasteiger partial charge in [-0.2, -0.15) is 5.26 Å². The fraction of sp³-hybridized carbons (Fsp3) is 0.0556. The molecule has 0 spiro atoms. The van der Waals surface area contributed by atoms with Crippen LogP contribution in [0, 0.1) is 11.3 Å². The van der Waals surface area contributed by atoms with Crippen LogP contribution in [0.4, 0.5) is 5.69 Å². The number of thiazole rings is 1. The molecular weight excluding hydrogens is 306 g/mol. The van der Waals surface area contributed by atoms with E-state index in [1.54, 1.807) is 24.3 Å². The van der Waals surface area contributed by atoms with Gasteiger partial charge in [0.2, 0.25) is 5.91 Å². The number of anilines is 1. The molecule has 0 unspecified atom stereocenters. The summed E-state index contributed by atoms with van der Waals surface area (Å²) in [7, 11) is 0. The number of nitriles is 1. The predicted octanol–water partition coefficient (Wildman–Crippen LogP) is 3.86. The van der Waals surface area contributed by atoms with Gasteiger partial charge in [-0.15, -0.1) is 11.3 Å². The zero-order chi connectivity index (χ0) is 16.1. The summed E-state index contributed by atoms with van der Waals surface area (Å²) in [5, 5.41) is 14.6. The zero-order valence-electron chi connectivity index (χ0n) is 12.2. The Morgan fingerprint density at radius 1 is 1.13 bits per heavy atom. The molecule has 3 aromatic rings. The fourth-order valence-corrected chi connectivity index (χ4v) is 2.98. The number of carbonyl (C=O) groups is 1. The highest BCUT2D eigenvalue weighted by Gasteiger charge is 2.10. The number of benzene rings is 2. The molecule has 0 radical (unpaired) electrons. The molecule has 0 saturated carbocycles. The summed E-state index contributed by atoms with van der Waals surface area (Å²) in [5.74, 6) is -0.183. The Hall–Kier alpha value is -2.97. The van der Waals surface area contributed by atoms with Crippen molar-refractivity contribution in [1.29, 1.82) is 5.26 Å². The van der Waals surface area contributed by atoms with Gasteiger partial charge in [-0.1, -0.05) is 42.5 Å². The summed E-state index contributed by atoms with van der Waals surface area (Å²) in [6.07, 6.45) is 0.184. The second kappa shape index (κ2) is 6.86. The summed E-state index contributed by atoms with van der Waals surface area (Å²) < 4.78 is 0. The van der Waals surface area contributed by atoms with Crippen LogP contribution in [0.15, 0.2) is 60.0 Å². The fourth-order valence-electron chi connectivity index (χ4n) is 2.15. The molecule has 0 aliphatic rings. The van der Waals surface area contributed by atoms with Gasteiger partial charge in [-0.05, 0) is 12.1 Å². The van der Waals surface area contributed by atoms with E-state index in [1.807, 2.05) is 35.7 Å². The van der Waals surface area contributed by atoms with Gasteiger partial charge in [0, 0.05) is 10.9 Å². The summed E-state index contributed by atoms with van der Waals surface area (Å²) in [4.78, 5) is 16.6. The van der Waals surface area contributed by atoms with E-state index in [9.17, 15) is 4.79 Å². The molecule has 0 aliphatic heterocycles. The average Bonchev–Trinajstić information content (AvgIpc) is 3.04. The number of hydrogen-bond donors (Lipinski definition) is 1. The molecule has 0 bridgehead atoms. The van der Waals surface area contributed by atoms with Gasteiger partial charge in [0.1, 0.15) is 11.1 Å². The molecule has 0 saturated heterocycles. The highest BCUT2D eigenvalue weighted by Crippen LogP contribution is 2.23. The minimum absolute atomic E-state index is 0.183. The molecule has 4 nitrogen and oxygen atoms in total. The van der Waals surface area contributed by atoms with Crippen LogP contribution in [-0.4, -0.2) is 10.9 Å². The third-order valence-electron chi connectivity index (χ3n) is 3.24. The van der Waals surface area contributed by atoms with E-state index in [0.717, 1.165) is 16.3 Å². The number of nitrogens with zero attached hydrogens (tertiary/aromatic N) is 2. The smallest absolute Gasteiger partial charge is 0.230 e. The van der Waals surface area contributed by atoms with E-state index in [2.05, 4.69) is 16.4 Å². The lowest BCUT2D eigenvalue weighted by Crippen LogP contribution is -2.15. The first-order chi connectivity index (χ1) is 11.3. The van der Waals surface area contributed by atoms with E-state index < -0.39 is 0 Å². The van der Waals surface area contributed by atoms with Gasteiger partial charge < -0.3 is 5.32 Å². The number of rotatable bonds is 4. The molecule has 2 aromatic carbocycles. The van der Waals surface area contributed by atoms with Gasteiger partial charge >= 0.3 is 0 Å². The topological polar surface area (TPSA) is 65.8 Å². The molecule has 112 valence electrons. The van der Waals surface area contributed by atoms with Crippen molar-refractivity contribution in [3.8, 4) is 16.6 Å². The molecule has 5 heteroatoms. The Morgan fingerprint density at radius 2 is 1.87 bits per heavy atom. The maximum absolute atomic E-state index is 12.1. The van der Waals surface area contributed by atoms with Gasteiger partial charge in [-0.25, -0.2) is 4.98 Å². The first kappa shape index (κ1) is 14.9. The van der Waals surface area contributed by atoms with E-state index in [-0.39, 0.29) is 12.3 Å². The second-order valence-electron chi connectivity index (χ2n) is 4.89. The van der Waals surface area contributed by atoms with Gasteiger partial charge in [-0.3, -0.25) is 4.79 Å². The summed E-state index contributed by atoms with van der Waals surface area (Å²) in [5.41, 5.74) is 2.74. The van der Waals surface area contributed by atoms with Crippen LogP contribution >= 0.6 is 11.3 Å². The Kier molecular flexibility index (Phi) is 4.46. The Morgan fingerprint density at radius 3 is 2.65 bits per heavy atom. The van der Waals surface area contributed by atoms with E-state index in [0.29, 0.717) is 11.3 Å². The molecule has 1 N–H and O–H groups in total. The first-order valence-electron chi connectivity index (χ1n) is 7.05. The standard InChI is InChI=1S/C18H13N3OS/c19-11-14-8-4-5-9-16(14)21-17(22)10-15-12-23-18(20-15)13-6-2-1-3-7-13/h1-9,12H,10H2,(H,21,22). The second-order valence-corrected chi connectivity index (χ2v) is 5.75. The Balaban J connectivity index is 1.69. The highest BCUT2D eigenvalue weighted by molar-refractivity contribution is 7.13. The highest BCUT2D eigenvalue weighted by atomic mass is 32.1. The summed E-state index contributed by atoms with van der Waals surface area (Å²) in [6.45, 7) is 0. The van der Waals surface area contributed by atoms with Crippen molar-refractivity contribution in [2.24, 2.45) is 0 Å². The third-order valence-corrected chi connectivity index (χ3v) is 4.18. The van der Waals surface area contributed by atoms with Crippen molar-refractivity contribution < 1.29 is 4.79 Å². The largest absolute Gasteiger partial charge is 0.325 e.